The monoisotopic (exact) mass is 398 g/mol. The Hall–Kier alpha value is -3.39. The maximum atomic E-state index is 12.2. The highest BCUT2D eigenvalue weighted by Gasteiger charge is 2.18. The molecular formula is C19H15ClN4O4. The smallest absolute Gasteiger partial charge is 0.408 e. The van der Waals surface area contributed by atoms with Crippen molar-refractivity contribution in [1.29, 1.82) is 0 Å². The molecule has 2 aromatic heterocycles. The van der Waals surface area contributed by atoms with E-state index < -0.39 is 11.7 Å². The van der Waals surface area contributed by atoms with Crippen LogP contribution in [0, 0.1) is 6.92 Å². The van der Waals surface area contributed by atoms with Crippen LogP contribution in [0.2, 0.25) is 5.02 Å². The molecule has 0 saturated carbocycles. The second-order valence-corrected chi connectivity index (χ2v) is 6.62. The third-order valence-corrected chi connectivity index (χ3v) is 4.55. The van der Waals surface area contributed by atoms with Gasteiger partial charge in [0.15, 0.2) is 11.4 Å². The normalized spacial score (nSPS) is 11.1. The number of fused-ring (bicyclic) bond motifs is 1. The lowest BCUT2D eigenvalue weighted by molar-refractivity contribution is 0.0907. The molecule has 0 aliphatic rings. The van der Waals surface area contributed by atoms with Crippen LogP contribution in [0.25, 0.3) is 11.1 Å². The fourth-order valence-corrected chi connectivity index (χ4v) is 2.97. The van der Waals surface area contributed by atoms with Crippen LogP contribution in [0.1, 0.15) is 27.6 Å². The molecule has 142 valence electrons. The molecule has 2 heterocycles. The summed E-state index contributed by atoms with van der Waals surface area (Å²) in [6.07, 6.45) is 0. The Morgan fingerprint density at radius 1 is 1.25 bits per heavy atom. The van der Waals surface area contributed by atoms with E-state index in [-0.39, 0.29) is 24.8 Å². The van der Waals surface area contributed by atoms with Gasteiger partial charge >= 0.3 is 17.6 Å². The molecular weight excluding hydrogens is 384 g/mol. The average molecular weight is 399 g/mol. The number of aromatic nitrogens is 3. The van der Waals surface area contributed by atoms with Gasteiger partial charge in [0.05, 0.1) is 12.1 Å². The largest absolute Gasteiger partial charge is 0.420 e. The van der Waals surface area contributed by atoms with Gasteiger partial charge < -0.3 is 14.3 Å². The minimum Gasteiger partial charge on any atom is -0.408 e. The highest BCUT2D eigenvalue weighted by molar-refractivity contribution is 6.31. The molecule has 4 rings (SSSR count). The van der Waals surface area contributed by atoms with E-state index in [1.165, 1.54) is 4.57 Å². The predicted molar refractivity (Wildman–Crippen MR) is 101 cm³/mol. The van der Waals surface area contributed by atoms with Crippen LogP contribution < -0.4 is 11.1 Å². The molecule has 0 aliphatic carbocycles. The van der Waals surface area contributed by atoms with Crippen LogP contribution >= 0.6 is 11.6 Å². The molecule has 0 radical (unpaired) electrons. The van der Waals surface area contributed by atoms with Gasteiger partial charge in [0.1, 0.15) is 0 Å². The number of halogens is 1. The second-order valence-electron chi connectivity index (χ2n) is 6.22. The van der Waals surface area contributed by atoms with Gasteiger partial charge in [0, 0.05) is 11.6 Å². The molecule has 4 aromatic rings. The fraction of sp³-hybridized carbons (Fsp3) is 0.158. The number of carbonyl (C=O) groups excluding carboxylic acids is 1. The summed E-state index contributed by atoms with van der Waals surface area (Å²) in [5.41, 5.74) is 2.84. The van der Waals surface area contributed by atoms with Crippen LogP contribution in [0.4, 0.5) is 0 Å². The van der Waals surface area contributed by atoms with Crippen LogP contribution in [-0.2, 0) is 13.1 Å². The molecule has 9 heteroatoms. The lowest BCUT2D eigenvalue weighted by atomic mass is 10.2. The first-order valence-electron chi connectivity index (χ1n) is 8.45. The summed E-state index contributed by atoms with van der Waals surface area (Å²) in [6.45, 7) is 2.16. The van der Waals surface area contributed by atoms with Gasteiger partial charge in [0.25, 0.3) is 0 Å². The molecule has 0 aliphatic heterocycles. The molecule has 28 heavy (non-hydrogen) atoms. The van der Waals surface area contributed by atoms with E-state index in [1.807, 2.05) is 25.1 Å². The van der Waals surface area contributed by atoms with Crippen LogP contribution in [-0.4, -0.2) is 20.6 Å². The number of nitrogens with one attached hydrogen (secondary N) is 1. The van der Waals surface area contributed by atoms with Crippen molar-refractivity contribution in [3.63, 3.8) is 0 Å². The summed E-state index contributed by atoms with van der Waals surface area (Å²) in [7, 11) is 0. The Morgan fingerprint density at radius 2 is 2.07 bits per heavy atom. The number of nitrogens with zero attached hydrogens (tertiary/aromatic N) is 3. The molecule has 1 N–H and O–H groups in total. The quantitative estimate of drug-likeness (QED) is 0.554. The number of carbonyl (C=O) groups is 1. The molecule has 0 spiro atoms. The maximum absolute atomic E-state index is 12.2. The van der Waals surface area contributed by atoms with Gasteiger partial charge in [-0.2, -0.15) is 4.98 Å². The fourth-order valence-electron chi connectivity index (χ4n) is 2.77. The highest BCUT2D eigenvalue weighted by Crippen LogP contribution is 2.16. The topological polar surface area (TPSA) is 103 Å². The van der Waals surface area contributed by atoms with Crippen molar-refractivity contribution in [3.8, 4) is 0 Å². The SMILES string of the molecule is Cc1ccc2oc(=O)n(Cc3noc(C(=O)NCc4ccccc4Cl)n3)c2c1. The first kappa shape index (κ1) is 18.0. The van der Waals surface area contributed by atoms with Crippen molar-refractivity contribution in [3.05, 3.63) is 80.9 Å². The van der Waals surface area contributed by atoms with E-state index in [9.17, 15) is 9.59 Å². The van der Waals surface area contributed by atoms with Crippen molar-refractivity contribution in [1.82, 2.24) is 20.0 Å². The van der Waals surface area contributed by atoms with Gasteiger partial charge in [-0.05, 0) is 36.2 Å². The molecule has 0 bridgehead atoms. The van der Waals surface area contributed by atoms with Crippen LogP contribution in [0.15, 0.2) is 56.2 Å². The van der Waals surface area contributed by atoms with Gasteiger partial charge in [-0.1, -0.05) is 41.0 Å². The number of aryl methyl sites for hydroxylation is 1. The number of oxazole rings is 1. The van der Waals surface area contributed by atoms with Crippen molar-refractivity contribution in [2.45, 2.75) is 20.0 Å². The number of benzene rings is 2. The van der Waals surface area contributed by atoms with E-state index in [2.05, 4.69) is 15.5 Å². The molecule has 0 fully saturated rings. The van der Waals surface area contributed by atoms with E-state index in [0.29, 0.717) is 16.1 Å². The molecule has 1 amide bonds. The minimum atomic E-state index is -0.532. The minimum absolute atomic E-state index is 0.0244. The summed E-state index contributed by atoms with van der Waals surface area (Å²) in [5, 5.41) is 7.00. The third-order valence-electron chi connectivity index (χ3n) is 4.18. The number of amides is 1. The summed E-state index contributed by atoms with van der Waals surface area (Å²) < 4.78 is 11.6. The van der Waals surface area contributed by atoms with Crippen molar-refractivity contribution >= 4 is 28.6 Å². The standard InChI is InChI=1S/C19H15ClN4O4/c1-11-6-7-15-14(8-11)24(19(26)27-15)10-16-22-18(28-23-16)17(25)21-9-12-4-2-3-5-13(12)20/h2-8H,9-10H2,1H3,(H,21,25). The van der Waals surface area contributed by atoms with E-state index in [0.717, 1.165) is 11.1 Å². The lowest BCUT2D eigenvalue weighted by Crippen LogP contribution is -2.23. The molecule has 2 aromatic carbocycles. The van der Waals surface area contributed by atoms with E-state index in [4.69, 9.17) is 20.5 Å². The molecule has 0 saturated heterocycles. The zero-order chi connectivity index (χ0) is 19.7. The Bertz CT molecular complexity index is 1220. The predicted octanol–water partition coefficient (Wildman–Crippen LogP) is 2.92. The molecule has 0 unspecified atom stereocenters. The van der Waals surface area contributed by atoms with Gasteiger partial charge in [-0.25, -0.2) is 4.79 Å². The van der Waals surface area contributed by atoms with Crippen LogP contribution in [0.3, 0.4) is 0 Å². The zero-order valence-corrected chi connectivity index (χ0v) is 15.6. The van der Waals surface area contributed by atoms with Gasteiger partial charge in [-0.15, -0.1) is 0 Å². The Balaban J connectivity index is 1.50. The summed E-state index contributed by atoms with van der Waals surface area (Å²) >= 11 is 6.07. The van der Waals surface area contributed by atoms with Crippen molar-refractivity contribution < 1.29 is 13.7 Å². The van der Waals surface area contributed by atoms with Gasteiger partial charge in [0.2, 0.25) is 0 Å². The van der Waals surface area contributed by atoms with E-state index >= 15 is 0 Å². The third kappa shape index (κ3) is 3.54. The van der Waals surface area contributed by atoms with Crippen LogP contribution in [0.5, 0.6) is 0 Å². The Labute approximate surface area is 163 Å². The summed E-state index contributed by atoms with van der Waals surface area (Å²) in [6, 6.07) is 12.6. The summed E-state index contributed by atoms with van der Waals surface area (Å²) in [5.74, 6) is -1.07. The number of rotatable bonds is 5. The Kier molecular flexibility index (Phi) is 4.70. The van der Waals surface area contributed by atoms with E-state index in [1.54, 1.807) is 24.3 Å². The van der Waals surface area contributed by atoms with Crippen molar-refractivity contribution in [2.24, 2.45) is 0 Å². The first-order chi connectivity index (χ1) is 13.5. The van der Waals surface area contributed by atoms with Crippen molar-refractivity contribution in [2.75, 3.05) is 0 Å². The first-order valence-corrected chi connectivity index (χ1v) is 8.83. The maximum Gasteiger partial charge on any atom is 0.420 e. The zero-order valence-electron chi connectivity index (χ0n) is 14.8. The highest BCUT2D eigenvalue weighted by atomic mass is 35.5. The molecule has 0 atom stereocenters. The number of hydrogen-bond donors (Lipinski definition) is 1. The average Bonchev–Trinajstić information content (AvgIpc) is 3.26. The lowest BCUT2D eigenvalue weighted by Gasteiger charge is -2.04. The Morgan fingerprint density at radius 3 is 2.89 bits per heavy atom. The van der Waals surface area contributed by atoms with Gasteiger partial charge in [-0.3, -0.25) is 9.36 Å². The second kappa shape index (κ2) is 7.32. The molecule has 8 nitrogen and oxygen atoms in total. The number of hydrogen-bond acceptors (Lipinski definition) is 6. The summed E-state index contributed by atoms with van der Waals surface area (Å²) in [4.78, 5) is 28.4.